The van der Waals surface area contributed by atoms with Gasteiger partial charge in [-0.2, -0.15) is 0 Å². The van der Waals surface area contributed by atoms with Crippen LogP contribution in [-0.4, -0.2) is 17.3 Å². The Labute approximate surface area is 87.9 Å². The second kappa shape index (κ2) is 4.57. The first-order valence-electron chi connectivity index (χ1n) is 4.80. The monoisotopic (exact) mass is 215 g/mol. The Morgan fingerprint density at radius 3 is 2.60 bits per heavy atom. The molecule has 15 heavy (non-hydrogen) atoms. The lowest BCUT2D eigenvalue weighted by Crippen LogP contribution is -2.22. The molecule has 4 heteroatoms. The molecule has 0 aliphatic rings. The second-order valence-electron chi connectivity index (χ2n) is 4.11. The van der Waals surface area contributed by atoms with E-state index in [2.05, 4.69) is 5.32 Å². The number of rotatable bonds is 4. The number of benzene rings is 1. The van der Waals surface area contributed by atoms with Crippen LogP contribution in [0.4, 0.5) is 14.5 Å². The third kappa shape index (κ3) is 4.25. The van der Waals surface area contributed by atoms with E-state index in [-0.39, 0.29) is 5.69 Å². The first-order valence-corrected chi connectivity index (χ1v) is 4.80. The van der Waals surface area contributed by atoms with Gasteiger partial charge in [-0.05, 0) is 38.5 Å². The average Bonchev–Trinajstić information content (AvgIpc) is 2.09. The van der Waals surface area contributed by atoms with Gasteiger partial charge in [0, 0.05) is 6.54 Å². The topological polar surface area (TPSA) is 32.3 Å². The number of hydrogen-bond acceptors (Lipinski definition) is 2. The summed E-state index contributed by atoms with van der Waals surface area (Å²) in [5.41, 5.74) is -0.684. The number of anilines is 1. The number of nitrogens with one attached hydrogen (secondary N) is 1. The van der Waals surface area contributed by atoms with Crippen LogP contribution in [0.1, 0.15) is 20.3 Å². The van der Waals surface area contributed by atoms with Crippen LogP contribution in [0.15, 0.2) is 18.2 Å². The summed E-state index contributed by atoms with van der Waals surface area (Å²) in [5.74, 6) is -0.977. The number of halogens is 2. The van der Waals surface area contributed by atoms with Crippen LogP contribution in [0.5, 0.6) is 0 Å². The van der Waals surface area contributed by atoms with E-state index in [0.29, 0.717) is 13.0 Å². The maximum Gasteiger partial charge on any atom is 0.146 e. The molecule has 0 saturated carbocycles. The van der Waals surface area contributed by atoms with Crippen molar-refractivity contribution in [2.75, 3.05) is 11.9 Å². The van der Waals surface area contributed by atoms with E-state index in [1.54, 1.807) is 13.8 Å². The summed E-state index contributed by atoms with van der Waals surface area (Å²) in [5, 5.41) is 12.1. The predicted molar refractivity (Wildman–Crippen MR) is 55.8 cm³/mol. The Morgan fingerprint density at radius 2 is 2.00 bits per heavy atom. The first kappa shape index (κ1) is 11.9. The molecular formula is C11H15F2NO. The zero-order chi connectivity index (χ0) is 11.5. The highest BCUT2D eigenvalue weighted by atomic mass is 19.1. The third-order valence-corrected chi connectivity index (χ3v) is 1.98. The van der Waals surface area contributed by atoms with Crippen molar-refractivity contribution in [3.8, 4) is 0 Å². The molecule has 2 N–H and O–H groups in total. The highest BCUT2D eigenvalue weighted by Gasteiger charge is 2.12. The standard InChI is InChI=1S/C11H15F2NO/c1-11(2,15)5-6-14-10-7-8(12)3-4-9(10)13/h3-4,7,14-15H,5-6H2,1-2H3. The minimum Gasteiger partial charge on any atom is -0.390 e. The average molecular weight is 215 g/mol. The predicted octanol–water partition coefficient (Wildman–Crippen LogP) is 2.54. The summed E-state index contributed by atoms with van der Waals surface area (Å²) in [6.45, 7) is 3.72. The molecular weight excluding hydrogens is 200 g/mol. The van der Waals surface area contributed by atoms with Crippen LogP contribution >= 0.6 is 0 Å². The van der Waals surface area contributed by atoms with Crippen LogP contribution in [0.3, 0.4) is 0 Å². The quantitative estimate of drug-likeness (QED) is 0.809. The summed E-state index contributed by atoms with van der Waals surface area (Å²) in [7, 11) is 0. The van der Waals surface area contributed by atoms with E-state index >= 15 is 0 Å². The number of aliphatic hydroxyl groups is 1. The van der Waals surface area contributed by atoms with Gasteiger partial charge in [-0.25, -0.2) is 8.78 Å². The molecule has 1 aromatic carbocycles. The van der Waals surface area contributed by atoms with E-state index in [4.69, 9.17) is 0 Å². The Bertz CT molecular complexity index is 334. The summed E-state index contributed by atoms with van der Waals surface area (Å²) in [6.07, 6.45) is 0.461. The lowest BCUT2D eigenvalue weighted by Gasteiger charge is -2.17. The minimum absolute atomic E-state index is 0.124. The molecule has 0 radical (unpaired) electrons. The van der Waals surface area contributed by atoms with Crippen molar-refractivity contribution in [2.24, 2.45) is 0 Å². The van der Waals surface area contributed by atoms with Gasteiger partial charge < -0.3 is 10.4 Å². The smallest absolute Gasteiger partial charge is 0.146 e. The molecule has 1 rings (SSSR count). The Hall–Kier alpha value is -1.16. The first-order chi connectivity index (χ1) is 6.88. The molecule has 0 bridgehead atoms. The van der Waals surface area contributed by atoms with Crippen LogP contribution in [0.2, 0.25) is 0 Å². The molecule has 0 amide bonds. The van der Waals surface area contributed by atoms with E-state index < -0.39 is 17.2 Å². The fourth-order valence-corrected chi connectivity index (χ4v) is 1.14. The van der Waals surface area contributed by atoms with Crippen molar-refractivity contribution in [3.05, 3.63) is 29.8 Å². The zero-order valence-electron chi connectivity index (χ0n) is 8.85. The molecule has 0 saturated heterocycles. The van der Waals surface area contributed by atoms with Crippen molar-refractivity contribution in [3.63, 3.8) is 0 Å². The molecule has 0 unspecified atom stereocenters. The SMILES string of the molecule is CC(C)(O)CCNc1cc(F)ccc1F. The Balaban J connectivity index is 2.54. The van der Waals surface area contributed by atoms with Crippen LogP contribution < -0.4 is 5.32 Å². The summed E-state index contributed by atoms with van der Waals surface area (Å²) in [4.78, 5) is 0. The lowest BCUT2D eigenvalue weighted by molar-refractivity contribution is 0.0748. The normalized spacial score (nSPS) is 11.5. The van der Waals surface area contributed by atoms with E-state index in [1.165, 1.54) is 0 Å². The molecule has 0 atom stereocenters. The molecule has 1 aromatic rings. The van der Waals surface area contributed by atoms with Gasteiger partial charge in [0.1, 0.15) is 11.6 Å². The highest BCUT2D eigenvalue weighted by molar-refractivity contribution is 5.44. The summed E-state index contributed by atoms with van der Waals surface area (Å²) in [6, 6.07) is 3.23. The number of hydrogen-bond donors (Lipinski definition) is 2. The van der Waals surface area contributed by atoms with E-state index in [1.807, 2.05) is 0 Å². The maximum atomic E-state index is 13.1. The largest absolute Gasteiger partial charge is 0.390 e. The summed E-state index contributed by atoms with van der Waals surface area (Å²) < 4.78 is 25.9. The fraction of sp³-hybridized carbons (Fsp3) is 0.455. The molecule has 84 valence electrons. The van der Waals surface area contributed by atoms with Gasteiger partial charge in [0.25, 0.3) is 0 Å². The molecule has 2 nitrogen and oxygen atoms in total. The van der Waals surface area contributed by atoms with Gasteiger partial charge in [0.15, 0.2) is 0 Å². The van der Waals surface area contributed by atoms with Gasteiger partial charge in [0.2, 0.25) is 0 Å². The Morgan fingerprint density at radius 1 is 1.33 bits per heavy atom. The fourth-order valence-electron chi connectivity index (χ4n) is 1.14. The van der Waals surface area contributed by atoms with Crippen molar-refractivity contribution >= 4 is 5.69 Å². The second-order valence-corrected chi connectivity index (χ2v) is 4.11. The van der Waals surface area contributed by atoms with E-state index in [9.17, 15) is 13.9 Å². The van der Waals surface area contributed by atoms with Crippen molar-refractivity contribution in [2.45, 2.75) is 25.9 Å². The molecule has 0 heterocycles. The van der Waals surface area contributed by atoms with Crippen molar-refractivity contribution in [1.82, 2.24) is 0 Å². The van der Waals surface area contributed by atoms with Crippen molar-refractivity contribution < 1.29 is 13.9 Å². The van der Waals surface area contributed by atoms with Gasteiger partial charge in [-0.15, -0.1) is 0 Å². The molecule has 0 aromatic heterocycles. The van der Waals surface area contributed by atoms with Gasteiger partial charge in [-0.1, -0.05) is 0 Å². The van der Waals surface area contributed by atoms with Gasteiger partial charge in [0.05, 0.1) is 11.3 Å². The molecule has 0 spiro atoms. The van der Waals surface area contributed by atoms with Crippen LogP contribution in [0.25, 0.3) is 0 Å². The van der Waals surface area contributed by atoms with Gasteiger partial charge >= 0.3 is 0 Å². The minimum atomic E-state index is -0.809. The van der Waals surface area contributed by atoms with Crippen molar-refractivity contribution in [1.29, 1.82) is 0 Å². The zero-order valence-corrected chi connectivity index (χ0v) is 8.85. The highest BCUT2D eigenvalue weighted by Crippen LogP contribution is 2.16. The summed E-state index contributed by atoms with van der Waals surface area (Å²) >= 11 is 0. The van der Waals surface area contributed by atoms with E-state index in [0.717, 1.165) is 18.2 Å². The third-order valence-electron chi connectivity index (χ3n) is 1.98. The maximum absolute atomic E-state index is 13.1. The molecule has 0 fully saturated rings. The van der Waals surface area contributed by atoms with Gasteiger partial charge in [-0.3, -0.25) is 0 Å². The lowest BCUT2D eigenvalue weighted by atomic mass is 10.1. The molecule has 0 aliphatic heterocycles. The molecule has 0 aliphatic carbocycles. The van der Waals surface area contributed by atoms with Crippen LogP contribution in [-0.2, 0) is 0 Å². The Kier molecular flexibility index (Phi) is 3.63. The van der Waals surface area contributed by atoms with Crippen LogP contribution in [0, 0.1) is 11.6 Å².